The SMILES string of the molecule is CCOC(=O)c1ccc(COC(=O)c2ccccc2S(=O)(=O)c2ccc([N+](=O)[O-])cc2)cc1. The van der Waals surface area contributed by atoms with Gasteiger partial charge in [0.2, 0.25) is 9.84 Å². The van der Waals surface area contributed by atoms with E-state index in [2.05, 4.69) is 0 Å². The summed E-state index contributed by atoms with van der Waals surface area (Å²) in [6, 6.07) is 16.2. The zero-order valence-electron chi connectivity index (χ0n) is 17.5. The summed E-state index contributed by atoms with van der Waals surface area (Å²) in [7, 11) is -4.14. The van der Waals surface area contributed by atoms with Gasteiger partial charge < -0.3 is 9.47 Å². The number of carbonyl (C=O) groups excluding carboxylic acids is 2. The molecule has 0 fully saturated rings. The first kappa shape index (κ1) is 23.6. The number of hydrogen-bond acceptors (Lipinski definition) is 8. The fraction of sp³-hybridized carbons (Fsp3) is 0.130. The van der Waals surface area contributed by atoms with E-state index in [0.29, 0.717) is 11.1 Å². The summed E-state index contributed by atoms with van der Waals surface area (Å²) in [6.45, 7) is 1.81. The molecule has 0 saturated carbocycles. The Morgan fingerprint density at radius 2 is 1.52 bits per heavy atom. The molecule has 0 spiro atoms. The quantitative estimate of drug-likeness (QED) is 0.275. The van der Waals surface area contributed by atoms with Gasteiger partial charge in [-0.05, 0) is 48.9 Å². The number of rotatable bonds is 8. The highest BCUT2D eigenvalue weighted by atomic mass is 32.2. The number of sulfone groups is 1. The van der Waals surface area contributed by atoms with Crippen molar-refractivity contribution < 1.29 is 32.4 Å². The van der Waals surface area contributed by atoms with Crippen molar-refractivity contribution in [2.75, 3.05) is 6.61 Å². The molecule has 3 aromatic rings. The lowest BCUT2D eigenvalue weighted by Crippen LogP contribution is -2.12. The second-order valence-corrected chi connectivity index (χ2v) is 8.66. The van der Waals surface area contributed by atoms with Crippen molar-refractivity contribution in [3.63, 3.8) is 0 Å². The minimum atomic E-state index is -4.14. The Hall–Kier alpha value is -4.05. The Bertz CT molecular complexity index is 1280. The van der Waals surface area contributed by atoms with Gasteiger partial charge in [-0.3, -0.25) is 10.1 Å². The lowest BCUT2D eigenvalue weighted by molar-refractivity contribution is -0.384. The fourth-order valence-electron chi connectivity index (χ4n) is 2.92. The van der Waals surface area contributed by atoms with Crippen molar-refractivity contribution >= 4 is 27.5 Å². The second kappa shape index (κ2) is 10.0. The Kier molecular flexibility index (Phi) is 7.19. The van der Waals surface area contributed by atoms with Gasteiger partial charge in [0.1, 0.15) is 6.61 Å². The summed E-state index contributed by atoms with van der Waals surface area (Å²) < 4.78 is 36.3. The van der Waals surface area contributed by atoms with Crippen LogP contribution in [-0.4, -0.2) is 31.9 Å². The number of non-ortho nitro benzene ring substituents is 1. The molecule has 0 N–H and O–H groups in total. The second-order valence-electron chi connectivity index (χ2n) is 6.74. The van der Waals surface area contributed by atoms with Gasteiger partial charge in [0.05, 0.1) is 32.4 Å². The van der Waals surface area contributed by atoms with Gasteiger partial charge in [-0.1, -0.05) is 24.3 Å². The normalized spacial score (nSPS) is 10.9. The van der Waals surface area contributed by atoms with E-state index in [1.165, 1.54) is 36.4 Å². The first-order valence-corrected chi connectivity index (χ1v) is 11.2. The number of nitrogens with zero attached hydrogens (tertiary/aromatic N) is 1. The van der Waals surface area contributed by atoms with Crippen LogP contribution in [0, 0.1) is 10.1 Å². The Labute approximate surface area is 189 Å². The third-order valence-corrected chi connectivity index (χ3v) is 6.42. The monoisotopic (exact) mass is 469 g/mol. The van der Waals surface area contributed by atoms with E-state index in [9.17, 15) is 28.1 Å². The number of ether oxygens (including phenoxy) is 2. The first-order valence-electron chi connectivity index (χ1n) is 9.75. The molecule has 0 heterocycles. The van der Waals surface area contributed by atoms with Gasteiger partial charge in [0, 0.05) is 12.1 Å². The van der Waals surface area contributed by atoms with E-state index in [1.807, 2.05) is 0 Å². The van der Waals surface area contributed by atoms with Crippen molar-refractivity contribution in [3.8, 4) is 0 Å². The number of nitro groups is 1. The maximum atomic E-state index is 13.0. The van der Waals surface area contributed by atoms with Crippen LogP contribution in [0.5, 0.6) is 0 Å². The molecule has 0 atom stereocenters. The molecule has 0 unspecified atom stereocenters. The predicted molar refractivity (Wildman–Crippen MR) is 117 cm³/mol. The fourth-order valence-corrected chi connectivity index (χ4v) is 4.37. The average Bonchev–Trinajstić information content (AvgIpc) is 2.83. The molecule has 9 nitrogen and oxygen atoms in total. The Morgan fingerprint density at radius 3 is 2.12 bits per heavy atom. The molecule has 0 aliphatic heterocycles. The molecule has 0 amide bonds. The smallest absolute Gasteiger partial charge is 0.339 e. The van der Waals surface area contributed by atoms with Crippen LogP contribution in [0.25, 0.3) is 0 Å². The first-order chi connectivity index (χ1) is 15.7. The number of carbonyl (C=O) groups is 2. The molecule has 0 aromatic heterocycles. The number of benzene rings is 3. The molecule has 0 aliphatic rings. The minimum Gasteiger partial charge on any atom is -0.462 e. The van der Waals surface area contributed by atoms with Crippen molar-refractivity contribution in [1.82, 2.24) is 0 Å². The van der Waals surface area contributed by atoms with E-state index < -0.39 is 26.7 Å². The molecule has 33 heavy (non-hydrogen) atoms. The highest BCUT2D eigenvalue weighted by Gasteiger charge is 2.25. The van der Waals surface area contributed by atoms with Gasteiger partial charge in [0.25, 0.3) is 5.69 Å². The summed E-state index contributed by atoms with van der Waals surface area (Å²) in [4.78, 5) is 34.1. The number of nitro benzene ring substituents is 1. The molecular weight excluding hydrogens is 450 g/mol. The zero-order valence-corrected chi connectivity index (χ0v) is 18.3. The maximum Gasteiger partial charge on any atom is 0.339 e. The summed E-state index contributed by atoms with van der Waals surface area (Å²) >= 11 is 0. The molecule has 0 aliphatic carbocycles. The van der Waals surface area contributed by atoms with Crippen LogP contribution in [0.15, 0.2) is 82.6 Å². The van der Waals surface area contributed by atoms with Crippen molar-refractivity contribution in [2.45, 2.75) is 23.3 Å². The number of hydrogen-bond donors (Lipinski definition) is 0. The van der Waals surface area contributed by atoms with Crippen LogP contribution >= 0.6 is 0 Å². The molecule has 0 radical (unpaired) electrons. The highest BCUT2D eigenvalue weighted by Crippen LogP contribution is 2.26. The average molecular weight is 469 g/mol. The van der Waals surface area contributed by atoms with Crippen LogP contribution < -0.4 is 0 Å². The third kappa shape index (κ3) is 5.42. The van der Waals surface area contributed by atoms with E-state index in [-0.39, 0.29) is 34.3 Å². The molecule has 3 rings (SSSR count). The summed E-state index contributed by atoms with van der Waals surface area (Å²) in [5.74, 6) is -1.32. The standard InChI is InChI=1S/C23H19NO8S/c1-2-31-22(25)17-9-7-16(8-10-17)15-32-23(26)20-5-3-4-6-21(20)33(29,30)19-13-11-18(12-14-19)24(27)28/h3-14H,2,15H2,1H3. The van der Waals surface area contributed by atoms with Crippen LogP contribution in [0.3, 0.4) is 0 Å². The van der Waals surface area contributed by atoms with Crippen LogP contribution in [-0.2, 0) is 25.9 Å². The van der Waals surface area contributed by atoms with Gasteiger partial charge in [0.15, 0.2) is 0 Å². The van der Waals surface area contributed by atoms with Crippen LogP contribution in [0.4, 0.5) is 5.69 Å². The highest BCUT2D eigenvalue weighted by molar-refractivity contribution is 7.91. The Balaban J connectivity index is 1.79. The largest absolute Gasteiger partial charge is 0.462 e. The van der Waals surface area contributed by atoms with E-state index in [0.717, 1.165) is 24.3 Å². The number of esters is 2. The van der Waals surface area contributed by atoms with Gasteiger partial charge in [-0.15, -0.1) is 0 Å². The molecule has 0 saturated heterocycles. The van der Waals surface area contributed by atoms with Crippen molar-refractivity contribution in [2.24, 2.45) is 0 Å². The van der Waals surface area contributed by atoms with Gasteiger partial charge in [-0.25, -0.2) is 18.0 Å². The molecule has 0 bridgehead atoms. The third-order valence-electron chi connectivity index (χ3n) is 4.59. The summed E-state index contributed by atoms with van der Waals surface area (Å²) in [5, 5.41) is 10.8. The lowest BCUT2D eigenvalue weighted by Gasteiger charge is -2.11. The minimum absolute atomic E-state index is 0.145. The molecule has 10 heteroatoms. The summed E-state index contributed by atoms with van der Waals surface area (Å²) in [6.07, 6.45) is 0. The topological polar surface area (TPSA) is 130 Å². The Morgan fingerprint density at radius 1 is 0.879 bits per heavy atom. The zero-order chi connectivity index (χ0) is 24.0. The lowest BCUT2D eigenvalue weighted by atomic mass is 10.1. The van der Waals surface area contributed by atoms with E-state index in [4.69, 9.17) is 9.47 Å². The molecular formula is C23H19NO8S. The predicted octanol–water partition coefficient (Wildman–Crippen LogP) is 3.96. The summed E-state index contributed by atoms with van der Waals surface area (Å²) in [5.41, 5.74) is 0.521. The van der Waals surface area contributed by atoms with Crippen LogP contribution in [0.2, 0.25) is 0 Å². The molecule has 3 aromatic carbocycles. The van der Waals surface area contributed by atoms with Crippen molar-refractivity contribution in [1.29, 1.82) is 0 Å². The van der Waals surface area contributed by atoms with Gasteiger partial charge >= 0.3 is 11.9 Å². The molecule has 170 valence electrons. The van der Waals surface area contributed by atoms with Crippen LogP contribution in [0.1, 0.15) is 33.2 Å². The van der Waals surface area contributed by atoms with E-state index in [1.54, 1.807) is 19.1 Å². The maximum absolute atomic E-state index is 13.0. The van der Waals surface area contributed by atoms with Gasteiger partial charge in [-0.2, -0.15) is 0 Å². The van der Waals surface area contributed by atoms with E-state index >= 15 is 0 Å². The van der Waals surface area contributed by atoms with Crippen molar-refractivity contribution in [3.05, 3.63) is 99.6 Å².